The van der Waals surface area contributed by atoms with Crippen LogP contribution >= 0.6 is 11.6 Å². The van der Waals surface area contributed by atoms with Gasteiger partial charge in [-0.25, -0.2) is 0 Å². The zero-order chi connectivity index (χ0) is 11.1. The van der Waals surface area contributed by atoms with Gasteiger partial charge in [0.2, 0.25) is 6.79 Å². The highest BCUT2D eigenvalue weighted by Gasteiger charge is 2.21. The van der Waals surface area contributed by atoms with Crippen molar-refractivity contribution < 1.29 is 14.6 Å². The Kier molecular flexibility index (Phi) is 2.52. The summed E-state index contributed by atoms with van der Waals surface area (Å²) in [6.07, 6.45) is 0.531. The van der Waals surface area contributed by atoms with Crippen molar-refractivity contribution in [1.29, 1.82) is 0 Å². The number of fused-ring (bicyclic) bond motifs is 1. The van der Waals surface area contributed by atoms with Crippen molar-refractivity contribution in [3.63, 3.8) is 0 Å². The first-order valence-electron chi connectivity index (χ1n) is 4.76. The monoisotopic (exact) mass is 228 g/mol. The van der Waals surface area contributed by atoms with Crippen LogP contribution in [0.4, 0.5) is 0 Å². The number of benzene rings is 1. The summed E-state index contributed by atoms with van der Waals surface area (Å²) in [5.41, 5.74) is 0.188. The second-order valence-corrected chi connectivity index (χ2v) is 4.71. The van der Waals surface area contributed by atoms with Crippen LogP contribution in [0.2, 0.25) is 5.02 Å². The minimum atomic E-state index is -0.753. The number of hydrogen-bond donors (Lipinski definition) is 1. The molecule has 4 heteroatoms. The Morgan fingerprint density at radius 1 is 1.40 bits per heavy atom. The van der Waals surface area contributed by atoms with Gasteiger partial charge in [0.1, 0.15) is 0 Å². The van der Waals surface area contributed by atoms with E-state index in [4.69, 9.17) is 21.1 Å². The molecule has 1 aliphatic rings. The van der Waals surface area contributed by atoms with Gasteiger partial charge in [0.15, 0.2) is 11.5 Å². The molecular formula is C11H13ClO3. The van der Waals surface area contributed by atoms with Crippen molar-refractivity contribution in [2.45, 2.75) is 25.9 Å². The summed E-state index contributed by atoms with van der Waals surface area (Å²) in [5, 5.41) is 10.2. The van der Waals surface area contributed by atoms with Gasteiger partial charge in [0.25, 0.3) is 0 Å². The Labute approximate surface area is 93.6 Å². The first kappa shape index (κ1) is 10.6. The molecule has 15 heavy (non-hydrogen) atoms. The molecule has 0 atom stereocenters. The van der Waals surface area contributed by atoms with E-state index in [-0.39, 0.29) is 6.79 Å². The van der Waals surface area contributed by atoms with Gasteiger partial charge in [-0.15, -0.1) is 0 Å². The van der Waals surface area contributed by atoms with Crippen LogP contribution in [-0.4, -0.2) is 17.5 Å². The molecule has 0 aliphatic carbocycles. The lowest BCUT2D eigenvalue weighted by atomic mass is 9.98. The maximum absolute atomic E-state index is 9.70. The molecule has 3 nitrogen and oxygen atoms in total. The number of halogens is 1. The van der Waals surface area contributed by atoms with Crippen LogP contribution in [0, 0.1) is 0 Å². The fourth-order valence-electron chi connectivity index (χ4n) is 1.62. The first-order valence-corrected chi connectivity index (χ1v) is 5.14. The second kappa shape index (κ2) is 3.58. The standard InChI is InChI=1S/C11H13ClO3/c1-11(2,13)5-7-3-8(12)10-9(4-7)14-6-15-10/h3-4,13H,5-6H2,1-2H3. The highest BCUT2D eigenvalue weighted by Crippen LogP contribution is 2.40. The fourth-order valence-corrected chi connectivity index (χ4v) is 1.91. The lowest BCUT2D eigenvalue weighted by Gasteiger charge is -2.17. The summed E-state index contributed by atoms with van der Waals surface area (Å²) in [5.74, 6) is 1.25. The summed E-state index contributed by atoms with van der Waals surface area (Å²) in [6, 6.07) is 3.65. The zero-order valence-electron chi connectivity index (χ0n) is 8.71. The number of ether oxygens (including phenoxy) is 2. The molecule has 0 amide bonds. The molecule has 1 heterocycles. The molecule has 0 spiro atoms. The van der Waals surface area contributed by atoms with E-state index in [1.54, 1.807) is 19.9 Å². The van der Waals surface area contributed by atoms with Crippen molar-refractivity contribution in [3.8, 4) is 11.5 Å². The van der Waals surface area contributed by atoms with Gasteiger partial charge in [-0.1, -0.05) is 11.6 Å². The van der Waals surface area contributed by atoms with Crippen LogP contribution in [0.1, 0.15) is 19.4 Å². The average Bonchev–Trinajstić information content (AvgIpc) is 2.48. The molecule has 82 valence electrons. The highest BCUT2D eigenvalue weighted by molar-refractivity contribution is 6.32. The van der Waals surface area contributed by atoms with Crippen LogP contribution in [0.3, 0.4) is 0 Å². The average molecular weight is 229 g/mol. The molecule has 1 aliphatic heterocycles. The molecule has 0 saturated carbocycles. The number of rotatable bonds is 2. The third kappa shape index (κ3) is 2.36. The second-order valence-electron chi connectivity index (χ2n) is 4.30. The van der Waals surface area contributed by atoms with E-state index in [0.717, 1.165) is 5.56 Å². The van der Waals surface area contributed by atoms with Gasteiger partial charge in [0, 0.05) is 6.42 Å². The van der Waals surface area contributed by atoms with E-state index in [9.17, 15) is 5.11 Å². The molecule has 0 saturated heterocycles. The van der Waals surface area contributed by atoms with Crippen LogP contribution in [0.25, 0.3) is 0 Å². The third-order valence-electron chi connectivity index (χ3n) is 2.12. The van der Waals surface area contributed by atoms with E-state index in [2.05, 4.69) is 0 Å². The Balaban J connectivity index is 2.32. The first-order chi connectivity index (χ1) is 6.96. The highest BCUT2D eigenvalue weighted by atomic mass is 35.5. The normalized spacial score (nSPS) is 14.4. The minimum Gasteiger partial charge on any atom is -0.454 e. The largest absolute Gasteiger partial charge is 0.454 e. The molecule has 0 fully saturated rings. The van der Waals surface area contributed by atoms with Crippen molar-refractivity contribution in [2.24, 2.45) is 0 Å². The van der Waals surface area contributed by atoms with Crippen LogP contribution in [-0.2, 0) is 6.42 Å². The third-order valence-corrected chi connectivity index (χ3v) is 2.40. The van der Waals surface area contributed by atoms with Crippen molar-refractivity contribution in [1.82, 2.24) is 0 Å². The molecule has 2 rings (SSSR count). The van der Waals surface area contributed by atoms with Crippen LogP contribution < -0.4 is 9.47 Å². The molecule has 0 unspecified atom stereocenters. The van der Waals surface area contributed by atoms with E-state index in [0.29, 0.717) is 22.9 Å². The predicted octanol–water partition coefficient (Wildman–Crippen LogP) is 2.38. The van der Waals surface area contributed by atoms with E-state index < -0.39 is 5.60 Å². The van der Waals surface area contributed by atoms with Gasteiger partial charge in [-0.2, -0.15) is 0 Å². The maximum atomic E-state index is 9.70. The predicted molar refractivity (Wildman–Crippen MR) is 57.6 cm³/mol. The van der Waals surface area contributed by atoms with Crippen LogP contribution in [0.15, 0.2) is 12.1 Å². The smallest absolute Gasteiger partial charge is 0.231 e. The Hall–Kier alpha value is -0.930. The quantitative estimate of drug-likeness (QED) is 0.845. The Bertz CT molecular complexity index is 382. The molecule has 0 radical (unpaired) electrons. The summed E-state index contributed by atoms with van der Waals surface area (Å²) in [4.78, 5) is 0. The number of aliphatic hydroxyl groups is 1. The molecule has 1 N–H and O–H groups in total. The van der Waals surface area contributed by atoms with E-state index >= 15 is 0 Å². The number of hydrogen-bond acceptors (Lipinski definition) is 3. The lowest BCUT2D eigenvalue weighted by Crippen LogP contribution is -2.21. The van der Waals surface area contributed by atoms with E-state index in [1.807, 2.05) is 6.07 Å². The Morgan fingerprint density at radius 2 is 2.13 bits per heavy atom. The minimum absolute atomic E-state index is 0.209. The van der Waals surface area contributed by atoms with Crippen molar-refractivity contribution in [2.75, 3.05) is 6.79 Å². The molecule has 1 aromatic carbocycles. The van der Waals surface area contributed by atoms with Gasteiger partial charge in [-0.3, -0.25) is 0 Å². The summed E-state index contributed by atoms with van der Waals surface area (Å²) in [6.45, 7) is 3.72. The molecular weight excluding hydrogens is 216 g/mol. The lowest BCUT2D eigenvalue weighted by molar-refractivity contribution is 0.0809. The van der Waals surface area contributed by atoms with E-state index in [1.165, 1.54) is 0 Å². The van der Waals surface area contributed by atoms with Gasteiger partial charge in [-0.05, 0) is 31.5 Å². The summed E-state index contributed by atoms with van der Waals surface area (Å²) >= 11 is 6.02. The fraction of sp³-hybridized carbons (Fsp3) is 0.455. The maximum Gasteiger partial charge on any atom is 0.231 e. The van der Waals surface area contributed by atoms with Gasteiger partial charge < -0.3 is 14.6 Å². The topological polar surface area (TPSA) is 38.7 Å². The molecule has 0 aromatic heterocycles. The molecule has 0 bridgehead atoms. The van der Waals surface area contributed by atoms with Crippen molar-refractivity contribution in [3.05, 3.63) is 22.7 Å². The van der Waals surface area contributed by atoms with Crippen LogP contribution in [0.5, 0.6) is 11.5 Å². The Morgan fingerprint density at radius 3 is 2.80 bits per heavy atom. The zero-order valence-corrected chi connectivity index (χ0v) is 9.47. The van der Waals surface area contributed by atoms with Gasteiger partial charge in [0.05, 0.1) is 10.6 Å². The summed E-state index contributed by atoms with van der Waals surface area (Å²) < 4.78 is 10.4. The SMILES string of the molecule is CC(C)(O)Cc1cc(Cl)c2c(c1)OCO2. The summed E-state index contributed by atoms with van der Waals surface area (Å²) in [7, 11) is 0. The van der Waals surface area contributed by atoms with Crippen molar-refractivity contribution >= 4 is 11.6 Å². The van der Waals surface area contributed by atoms with Gasteiger partial charge >= 0.3 is 0 Å². The molecule has 1 aromatic rings.